The summed E-state index contributed by atoms with van der Waals surface area (Å²) in [6, 6.07) is 8.21. The highest BCUT2D eigenvalue weighted by atomic mass is 127. The maximum atomic E-state index is 5.49. The van der Waals surface area contributed by atoms with Crippen LogP contribution in [0.15, 0.2) is 29.3 Å². The molecule has 2 rings (SSSR count). The van der Waals surface area contributed by atoms with Crippen molar-refractivity contribution < 1.29 is 4.74 Å². The zero-order valence-electron chi connectivity index (χ0n) is 17.2. The van der Waals surface area contributed by atoms with Crippen molar-refractivity contribution in [2.45, 2.75) is 33.7 Å². The van der Waals surface area contributed by atoms with Crippen molar-refractivity contribution >= 4 is 29.9 Å². The molecule has 0 aliphatic rings. The lowest BCUT2D eigenvalue weighted by molar-refractivity contribution is 0.340. The van der Waals surface area contributed by atoms with Gasteiger partial charge >= 0.3 is 0 Å². The molecule has 0 atom stereocenters. The van der Waals surface area contributed by atoms with Gasteiger partial charge in [0.05, 0.1) is 12.3 Å². The summed E-state index contributed by atoms with van der Waals surface area (Å²) >= 11 is 0. The Balaban J connectivity index is 0.00000364. The highest BCUT2D eigenvalue weighted by molar-refractivity contribution is 14.0. The zero-order valence-corrected chi connectivity index (χ0v) is 19.6. The number of aliphatic imine (C=N–C) groups is 1. The summed E-state index contributed by atoms with van der Waals surface area (Å²) in [4.78, 5) is 6.52. The van der Waals surface area contributed by atoms with Gasteiger partial charge in [-0.1, -0.05) is 12.1 Å². The molecule has 0 aliphatic carbocycles. The molecule has 1 aromatic heterocycles. The first-order valence-electron chi connectivity index (χ1n) is 9.08. The number of benzene rings is 1. The van der Waals surface area contributed by atoms with Crippen molar-refractivity contribution in [1.82, 2.24) is 20.0 Å². The van der Waals surface area contributed by atoms with Crippen LogP contribution in [0.1, 0.15) is 29.4 Å². The van der Waals surface area contributed by atoms with Gasteiger partial charge in [0, 0.05) is 39.9 Å². The molecule has 0 unspecified atom stereocenters. The van der Waals surface area contributed by atoms with Gasteiger partial charge in [0.1, 0.15) is 5.75 Å². The SMILES string of the molecule is CCOc1ccc(CN(C)C(=NC)NCCc2c(C)nn(C)c2C)cc1.I. The van der Waals surface area contributed by atoms with Crippen molar-refractivity contribution in [3.8, 4) is 5.75 Å². The summed E-state index contributed by atoms with van der Waals surface area (Å²) in [5, 5.41) is 7.93. The smallest absolute Gasteiger partial charge is 0.193 e. The molecule has 0 saturated carbocycles. The third-order valence-corrected chi connectivity index (χ3v) is 4.54. The van der Waals surface area contributed by atoms with E-state index in [9.17, 15) is 0 Å². The van der Waals surface area contributed by atoms with Crippen LogP contribution in [0.2, 0.25) is 0 Å². The largest absolute Gasteiger partial charge is 0.494 e. The van der Waals surface area contributed by atoms with Crippen molar-refractivity contribution in [3.63, 3.8) is 0 Å². The highest BCUT2D eigenvalue weighted by Gasteiger charge is 2.11. The predicted molar refractivity (Wildman–Crippen MR) is 122 cm³/mol. The molecule has 0 radical (unpaired) electrons. The lowest BCUT2D eigenvalue weighted by atomic mass is 10.1. The number of halogens is 1. The van der Waals surface area contributed by atoms with Crippen LogP contribution < -0.4 is 10.1 Å². The molecule has 0 saturated heterocycles. The maximum absolute atomic E-state index is 5.49. The van der Waals surface area contributed by atoms with Gasteiger partial charge in [-0.2, -0.15) is 5.10 Å². The van der Waals surface area contributed by atoms with E-state index in [1.807, 2.05) is 44.9 Å². The monoisotopic (exact) mass is 485 g/mol. The summed E-state index contributed by atoms with van der Waals surface area (Å²) in [6.45, 7) is 8.47. The molecule has 2 aromatic rings. The standard InChI is InChI=1S/C20H31N5O.HI/c1-7-26-18-10-8-17(9-11-18)14-24(5)20(21-4)22-13-12-19-15(2)23-25(6)16(19)3;/h8-11H,7,12-14H2,1-6H3,(H,21,22);1H. The molecule has 0 fully saturated rings. The molecular weight excluding hydrogens is 453 g/mol. The van der Waals surface area contributed by atoms with Crippen molar-refractivity contribution in [2.24, 2.45) is 12.0 Å². The van der Waals surface area contributed by atoms with E-state index >= 15 is 0 Å². The Labute approximate surface area is 180 Å². The molecule has 0 spiro atoms. The quantitative estimate of drug-likeness (QED) is 0.372. The molecule has 6 nitrogen and oxygen atoms in total. The third-order valence-electron chi connectivity index (χ3n) is 4.54. The molecule has 0 amide bonds. The number of guanidine groups is 1. The van der Waals surface area contributed by atoms with Crippen LogP contribution >= 0.6 is 24.0 Å². The van der Waals surface area contributed by atoms with E-state index in [-0.39, 0.29) is 24.0 Å². The Morgan fingerprint density at radius 2 is 1.93 bits per heavy atom. The second-order valence-electron chi connectivity index (χ2n) is 6.43. The van der Waals surface area contributed by atoms with Crippen LogP contribution in [0.4, 0.5) is 0 Å². The van der Waals surface area contributed by atoms with Gasteiger partial charge in [0.25, 0.3) is 0 Å². The van der Waals surface area contributed by atoms with E-state index in [1.165, 1.54) is 16.8 Å². The fourth-order valence-corrected chi connectivity index (χ4v) is 3.07. The van der Waals surface area contributed by atoms with E-state index in [4.69, 9.17) is 4.74 Å². The molecule has 150 valence electrons. The Bertz CT molecular complexity index is 740. The maximum Gasteiger partial charge on any atom is 0.193 e. The van der Waals surface area contributed by atoms with E-state index in [2.05, 4.69) is 46.3 Å². The van der Waals surface area contributed by atoms with Crippen LogP contribution in [0.3, 0.4) is 0 Å². The highest BCUT2D eigenvalue weighted by Crippen LogP contribution is 2.14. The van der Waals surface area contributed by atoms with Gasteiger partial charge in [-0.05, 0) is 50.5 Å². The lowest BCUT2D eigenvalue weighted by Crippen LogP contribution is -2.39. The number of rotatable bonds is 7. The second kappa shape index (κ2) is 11.2. The number of hydrogen-bond donors (Lipinski definition) is 1. The Hall–Kier alpha value is -1.77. The Morgan fingerprint density at radius 3 is 2.44 bits per heavy atom. The van der Waals surface area contributed by atoms with Gasteiger partial charge in [-0.25, -0.2) is 0 Å². The second-order valence-corrected chi connectivity index (χ2v) is 6.43. The normalized spacial score (nSPS) is 11.1. The van der Waals surface area contributed by atoms with Crippen LogP contribution in [0.25, 0.3) is 0 Å². The molecule has 1 aromatic carbocycles. The fourth-order valence-electron chi connectivity index (χ4n) is 3.07. The fraction of sp³-hybridized carbons (Fsp3) is 0.500. The van der Waals surface area contributed by atoms with Crippen molar-refractivity contribution in [2.75, 3.05) is 27.2 Å². The molecule has 7 heteroatoms. The molecule has 1 heterocycles. The predicted octanol–water partition coefficient (Wildman–Crippen LogP) is 3.30. The van der Waals surface area contributed by atoms with E-state index in [1.54, 1.807) is 0 Å². The molecule has 1 N–H and O–H groups in total. The number of aryl methyl sites for hydroxylation is 2. The summed E-state index contributed by atoms with van der Waals surface area (Å²) < 4.78 is 7.44. The van der Waals surface area contributed by atoms with Gasteiger partial charge < -0.3 is 15.0 Å². The minimum Gasteiger partial charge on any atom is -0.494 e. The minimum absolute atomic E-state index is 0. The van der Waals surface area contributed by atoms with Crippen molar-refractivity contribution in [3.05, 3.63) is 46.8 Å². The van der Waals surface area contributed by atoms with E-state index < -0.39 is 0 Å². The van der Waals surface area contributed by atoms with E-state index in [0.29, 0.717) is 6.61 Å². The van der Waals surface area contributed by atoms with Crippen molar-refractivity contribution in [1.29, 1.82) is 0 Å². The summed E-state index contributed by atoms with van der Waals surface area (Å²) in [6.07, 6.45) is 0.932. The average Bonchev–Trinajstić information content (AvgIpc) is 2.86. The Kier molecular flexibility index (Phi) is 9.62. The molecule has 0 bridgehead atoms. The zero-order chi connectivity index (χ0) is 19.1. The first-order valence-corrected chi connectivity index (χ1v) is 9.08. The third kappa shape index (κ3) is 6.41. The van der Waals surface area contributed by atoms with Crippen LogP contribution in [-0.4, -0.2) is 47.9 Å². The Morgan fingerprint density at radius 1 is 1.26 bits per heavy atom. The van der Waals surface area contributed by atoms with Crippen LogP contribution in [0, 0.1) is 13.8 Å². The lowest BCUT2D eigenvalue weighted by Gasteiger charge is -2.22. The van der Waals surface area contributed by atoms with Gasteiger partial charge in [0.15, 0.2) is 5.96 Å². The number of nitrogens with zero attached hydrogens (tertiary/aromatic N) is 4. The topological polar surface area (TPSA) is 54.7 Å². The summed E-state index contributed by atoms with van der Waals surface area (Å²) in [5.74, 6) is 1.79. The summed E-state index contributed by atoms with van der Waals surface area (Å²) in [7, 11) is 5.85. The van der Waals surface area contributed by atoms with E-state index in [0.717, 1.165) is 36.9 Å². The minimum atomic E-state index is 0. The number of aromatic nitrogens is 2. The first-order chi connectivity index (χ1) is 12.5. The number of hydrogen-bond acceptors (Lipinski definition) is 3. The van der Waals surface area contributed by atoms with Crippen LogP contribution in [-0.2, 0) is 20.0 Å². The molecule has 0 aliphatic heterocycles. The van der Waals surface area contributed by atoms with Crippen LogP contribution in [0.5, 0.6) is 5.75 Å². The van der Waals surface area contributed by atoms with Gasteiger partial charge in [0.2, 0.25) is 0 Å². The molecule has 27 heavy (non-hydrogen) atoms. The summed E-state index contributed by atoms with van der Waals surface area (Å²) in [5.41, 5.74) is 4.86. The number of ether oxygens (including phenoxy) is 1. The average molecular weight is 485 g/mol. The van der Waals surface area contributed by atoms with Gasteiger partial charge in [-0.15, -0.1) is 24.0 Å². The first kappa shape index (κ1) is 23.3. The number of nitrogens with one attached hydrogen (secondary N) is 1. The molecular formula is C20H32IN5O. The van der Waals surface area contributed by atoms with Gasteiger partial charge in [-0.3, -0.25) is 9.67 Å².